The molecule has 1 fully saturated rings. The van der Waals surface area contributed by atoms with E-state index in [0.717, 1.165) is 24.8 Å². The van der Waals surface area contributed by atoms with Gasteiger partial charge in [-0.05, 0) is 24.3 Å². The maximum Gasteiger partial charge on any atom is 0.246 e. The van der Waals surface area contributed by atoms with Crippen LogP contribution in [0.3, 0.4) is 0 Å². The molecule has 1 aliphatic rings. The summed E-state index contributed by atoms with van der Waals surface area (Å²) in [7, 11) is 0. The average Bonchev–Trinajstić information content (AvgIpc) is 2.54. The molecule has 1 aromatic rings. The van der Waals surface area contributed by atoms with Crippen LogP contribution in [0.1, 0.15) is 38.2 Å². The van der Waals surface area contributed by atoms with Crippen molar-refractivity contribution in [1.29, 1.82) is 0 Å². The standard InChI is InChI=1S/C18H26N2O3/c1-13-7-5-6-10-16(13)23-12-17(21)20-15(18(19)22)11-14-8-3-2-4-9-14/h2-4,8-9,13,15-16H,5-7,10-12H2,1H3,(H2,19,22)(H,20,21)/t13-,15-,16-/m1/s1. The Balaban J connectivity index is 1.82. The number of hydrogen-bond acceptors (Lipinski definition) is 3. The topological polar surface area (TPSA) is 81.4 Å². The highest BCUT2D eigenvalue weighted by molar-refractivity contribution is 5.87. The van der Waals surface area contributed by atoms with Crippen molar-refractivity contribution in [1.82, 2.24) is 5.32 Å². The number of nitrogens with one attached hydrogen (secondary N) is 1. The van der Waals surface area contributed by atoms with Gasteiger partial charge in [-0.25, -0.2) is 0 Å². The smallest absolute Gasteiger partial charge is 0.246 e. The van der Waals surface area contributed by atoms with Crippen molar-refractivity contribution in [2.24, 2.45) is 11.7 Å². The van der Waals surface area contributed by atoms with Crippen molar-refractivity contribution in [3.05, 3.63) is 35.9 Å². The minimum absolute atomic E-state index is 0.0203. The number of rotatable bonds is 7. The summed E-state index contributed by atoms with van der Waals surface area (Å²) >= 11 is 0. The molecule has 0 unspecified atom stereocenters. The van der Waals surface area contributed by atoms with E-state index in [1.165, 1.54) is 6.42 Å². The fourth-order valence-electron chi connectivity index (χ4n) is 3.02. The van der Waals surface area contributed by atoms with E-state index in [1.807, 2.05) is 30.3 Å². The molecule has 0 saturated heterocycles. The molecule has 5 nitrogen and oxygen atoms in total. The Kier molecular flexibility index (Phi) is 6.59. The van der Waals surface area contributed by atoms with Crippen LogP contribution < -0.4 is 11.1 Å². The highest BCUT2D eigenvalue weighted by atomic mass is 16.5. The summed E-state index contributed by atoms with van der Waals surface area (Å²) in [4.78, 5) is 23.6. The number of amides is 2. The summed E-state index contributed by atoms with van der Waals surface area (Å²) in [6, 6.07) is 8.79. The van der Waals surface area contributed by atoms with Crippen LogP contribution in [0.15, 0.2) is 30.3 Å². The first kappa shape index (κ1) is 17.5. The van der Waals surface area contributed by atoms with Crippen LogP contribution in [0.25, 0.3) is 0 Å². The lowest BCUT2D eigenvalue weighted by molar-refractivity contribution is -0.133. The maximum atomic E-state index is 12.1. The lowest BCUT2D eigenvalue weighted by Crippen LogP contribution is -2.47. The maximum absolute atomic E-state index is 12.1. The Labute approximate surface area is 137 Å². The minimum Gasteiger partial charge on any atom is -0.368 e. The summed E-state index contributed by atoms with van der Waals surface area (Å²) in [5.74, 6) is -0.344. The predicted octanol–water partition coefficient (Wildman–Crippen LogP) is 1.79. The summed E-state index contributed by atoms with van der Waals surface area (Å²) in [6.45, 7) is 2.14. The Morgan fingerprint density at radius 3 is 2.61 bits per heavy atom. The molecule has 0 radical (unpaired) electrons. The van der Waals surface area contributed by atoms with E-state index >= 15 is 0 Å². The molecule has 2 amide bonds. The third-order valence-corrected chi connectivity index (χ3v) is 4.42. The van der Waals surface area contributed by atoms with Crippen LogP contribution in [0, 0.1) is 5.92 Å². The Hall–Kier alpha value is -1.88. The largest absolute Gasteiger partial charge is 0.368 e. The highest BCUT2D eigenvalue weighted by Gasteiger charge is 2.24. The lowest BCUT2D eigenvalue weighted by Gasteiger charge is -2.28. The molecular formula is C18H26N2O3. The van der Waals surface area contributed by atoms with Gasteiger partial charge in [-0.15, -0.1) is 0 Å². The van der Waals surface area contributed by atoms with Crippen molar-refractivity contribution in [2.75, 3.05) is 6.61 Å². The van der Waals surface area contributed by atoms with Gasteiger partial charge >= 0.3 is 0 Å². The second-order valence-electron chi connectivity index (χ2n) is 6.32. The molecule has 0 aliphatic heterocycles. The molecule has 2 rings (SSSR count). The van der Waals surface area contributed by atoms with Crippen LogP contribution in [0.4, 0.5) is 0 Å². The number of primary amides is 1. The lowest BCUT2D eigenvalue weighted by atomic mass is 9.88. The number of carbonyl (C=O) groups excluding carboxylic acids is 2. The molecule has 1 aliphatic carbocycles. The summed E-state index contributed by atoms with van der Waals surface area (Å²) < 4.78 is 5.72. The van der Waals surface area contributed by atoms with Gasteiger partial charge in [-0.3, -0.25) is 9.59 Å². The van der Waals surface area contributed by atoms with Crippen molar-refractivity contribution < 1.29 is 14.3 Å². The van der Waals surface area contributed by atoms with E-state index in [9.17, 15) is 9.59 Å². The monoisotopic (exact) mass is 318 g/mol. The number of carbonyl (C=O) groups is 2. The molecule has 0 heterocycles. The Morgan fingerprint density at radius 2 is 1.96 bits per heavy atom. The van der Waals surface area contributed by atoms with Crippen LogP contribution in [0.5, 0.6) is 0 Å². The van der Waals surface area contributed by atoms with Crippen LogP contribution in [-0.2, 0) is 20.7 Å². The van der Waals surface area contributed by atoms with Gasteiger partial charge in [0.05, 0.1) is 6.10 Å². The van der Waals surface area contributed by atoms with Gasteiger partial charge in [0.1, 0.15) is 12.6 Å². The van der Waals surface area contributed by atoms with Crippen molar-refractivity contribution in [3.63, 3.8) is 0 Å². The second kappa shape index (κ2) is 8.67. The first-order valence-electron chi connectivity index (χ1n) is 8.30. The summed E-state index contributed by atoms with van der Waals surface area (Å²) in [5.41, 5.74) is 6.36. The zero-order valence-corrected chi connectivity index (χ0v) is 13.7. The number of hydrogen-bond donors (Lipinski definition) is 2. The van der Waals surface area contributed by atoms with E-state index in [4.69, 9.17) is 10.5 Å². The van der Waals surface area contributed by atoms with Gasteiger partial charge in [-0.1, -0.05) is 50.1 Å². The van der Waals surface area contributed by atoms with E-state index in [2.05, 4.69) is 12.2 Å². The normalized spacial score (nSPS) is 22.3. The van der Waals surface area contributed by atoms with Gasteiger partial charge in [0, 0.05) is 6.42 Å². The summed E-state index contributed by atoms with van der Waals surface area (Å²) in [5, 5.41) is 2.68. The number of ether oxygens (including phenoxy) is 1. The molecule has 0 spiro atoms. The third-order valence-electron chi connectivity index (χ3n) is 4.42. The van der Waals surface area contributed by atoms with Crippen LogP contribution in [-0.4, -0.2) is 30.6 Å². The average molecular weight is 318 g/mol. The Bertz CT molecular complexity index is 518. The molecule has 1 saturated carbocycles. The fraction of sp³-hybridized carbons (Fsp3) is 0.556. The first-order valence-corrected chi connectivity index (χ1v) is 8.30. The van der Waals surface area contributed by atoms with Gasteiger partial charge < -0.3 is 15.8 Å². The molecule has 126 valence electrons. The van der Waals surface area contributed by atoms with Gasteiger partial charge in [0.15, 0.2) is 0 Å². The highest BCUT2D eigenvalue weighted by Crippen LogP contribution is 2.26. The molecule has 0 bridgehead atoms. The molecular weight excluding hydrogens is 292 g/mol. The number of nitrogens with two attached hydrogens (primary N) is 1. The molecule has 1 aromatic carbocycles. The zero-order valence-electron chi connectivity index (χ0n) is 13.7. The first-order chi connectivity index (χ1) is 11.1. The predicted molar refractivity (Wildman–Crippen MR) is 88.6 cm³/mol. The van der Waals surface area contributed by atoms with Crippen LogP contribution >= 0.6 is 0 Å². The second-order valence-corrected chi connectivity index (χ2v) is 6.32. The SMILES string of the molecule is C[C@@H]1CCCC[C@H]1OCC(=O)N[C@H](Cc1ccccc1)C(N)=O. The molecule has 5 heteroatoms. The Morgan fingerprint density at radius 1 is 1.26 bits per heavy atom. The van der Waals surface area contributed by atoms with Crippen molar-refractivity contribution in [3.8, 4) is 0 Å². The molecule has 23 heavy (non-hydrogen) atoms. The summed E-state index contributed by atoms with van der Waals surface area (Å²) in [6.07, 6.45) is 5.04. The quantitative estimate of drug-likeness (QED) is 0.804. The van der Waals surface area contributed by atoms with Crippen LogP contribution in [0.2, 0.25) is 0 Å². The van der Waals surface area contributed by atoms with Crippen molar-refractivity contribution >= 4 is 11.8 Å². The molecule has 3 atom stereocenters. The van der Waals surface area contributed by atoms with E-state index in [1.54, 1.807) is 0 Å². The van der Waals surface area contributed by atoms with E-state index < -0.39 is 11.9 Å². The van der Waals surface area contributed by atoms with E-state index in [0.29, 0.717) is 12.3 Å². The van der Waals surface area contributed by atoms with Gasteiger partial charge in [0.25, 0.3) is 0 Å². The van der Waals surface area contributed by atoms with Crippen molar-refractivity contribution in [2.45, 2.75) is 51.2 Å². The molecule has 0 aromatic heterocycles. The fourth-order valence-corrected chi connectivity index (χ4v) is 3.02. The third kappa shape index (κ3) is 5.67. The minimum atomic E-state index is -0.711. The number of benzene rings is 1. The van der Waals surface area contributed by atoms with Gasteiger partial charge in [0.2, 0.25) is 11.8 Å². The van der Waals surface area contributed by atoms with Gasteiger partial charge in [-0.2, -0.15) is 0 Å². The van der Waals surface area contributed by atoms with E-state index in [-0.39, 0.29) is 18.6 Å². The molecule has 3 N–H and O–H groups in total. The zero-order chi connectivity index (χ0) is 16.7.